The Morgan fingerprint density at radius 3 is 2.12 bits per heavy atom. The third-order valence-electron chi connectivity index (χ3n) is 4.88. The normalized spacial score (nSPS) is 11.6. The van der Waals surface area contributed by atoms with Gasteiger partial charge in [-0.3, -0.25) is 9.52 Å². The molecule has 0 unspecified atom stereocenters. The summed E-state index contributed by atoms with van der Waals surface area (Å²) >= 11 is 5.60. The second-order valence-corrected chi connectivity index (χ2v) is 10.6. The number of carbonyl (C=O) groups is 2. The van der Waals surface area contributed by atoms with E-state index in [1.807, 2.05) is 20.8 Å². The summed E-state index contributed by atoms with van der Waals surface area (Å²) in [6.07, 6.45) is 0. The molecule has 0 aliphatic heterocycles. The first-order valence-corrected chi connectivity index (χ1v) is 12.6. The summed E-state index contributed by atoms with van der Waals surface area (Å²) in [6, 6.07) is 15.9. The maximum atomic E-state index is 13.2. The highest BCUT2D eigenvalue weighted by Crippen LogP contribution is 2.30. The van der Waals surface area contributed by atoms with Crippen molar-refractivity contribution in [2.75, 3.05) is 27.8 Å². The standard InChI is InChI=1S/C24H27ClN4O4S/c1-24(2,3)22(30)27-16-10-12-17(13-11-16)29-34(32,33)21-9-5-6-18-19(21)7-4-8-20(18)28-23(31)26-15-14-25/h4-13,29H,14-15H2,1-3H3,(H,27,30)(H2,26,28,31). The van der Waals surface area contributed by atoms with Crippen LogP contribution in [0.5, 0.6) is 0 Å². The van der Waals surface area contributed by atoms with Crippen molar-refractivity contribution in [1.82, 2.24) is 5.32 Å². The van der Waals surface area contributed by atoms with Gasteiger partial charge < -0.3 is 16.0 Å². The summed E-state index contributed by atoms with van der Waals surface area (Å²) in [5.41, 5.74) is 0.838. The summed E-state index contributed by atoms with van der Waals surface area (Å²) < 4.78 is 28.9. The second kappa shape index (κ2) is 10.3. The molecule has 3 amide bonds. The first-order chi connectivity index (χ1) is 16.0. The lowest BCUT2D eigenvalue weighted by molar-refractivity contribution is -0.123. The van der Waals surface area contributed by atoms with Gasteiger partial charge in [0.25, 0.3) is 10.0 Å². The molecule has 3 rings (SSSR count). The number of urea groups is 1. The minimum absolute atomic E-state index is 0.0694. The minimum Gasteiger partial charge on any atom is -0.337 e. The molecule has 3 aromatic rings. The lowest BCUT2D eigenvalue weighted by atomic mass is 9.95. The van der Waals surface area contributed by atoms with Crippen LogP contribution < -0.4 is 20.7 Å². The molecule has 0 radical (unpaired) electrons. The number of alkyl halides is 1. The van der Waals surface area contributed by atoms with Gasteiger partial charge in [0.05, 0.1) is 10.6 Å². The van der Waals surface area contributed by atoms with Crippen molar-refractivity contribution in [3.8, 4) is 0 Å². The largest absolute Gasteiger partial charge is 0.337 e. The Morgan fingerprint density at radius 1 is 0.853 bits per heavy atom. The van der Waals surface area contributed by atoms with Crippen molar-refractivity contribution in [2.45, 2.75) is 25.7 Å². The van der Waals surface area contributed by atoms with Gasteiger partial charge in [0, 0.05) is 40.0 Å². The number of hydrogen-bond acceptors (Lipinski definition) is 4. The predicted molar refractivity (Wildman–Crippen MR) is 137 cm³/mol. The highest BCUT2D eigenvalue weighted by atomic mass is 35.5. The van der Waals surface area contributed by atoms with Crippen LogP contribution in [-0.4, -0.2) is 32.8 Å². The topological polar surface area (TPSA) is 116 Å². The van der Waals surface area contributed by atoms with Crippen LogP contribution in [-0.2, 0) is 14.8 Å². The third-order valence-corrected chi connectivity index (χ3v) is 6.50. The van der Waals surface area contributed by atoms with E-state index in [2.05, 4.69) is 20.7 Å². The Bertz CT molecular complexity index is 1300. The van der Waals surface area contributed by atoms with Crippen molar-refractivity contribution in [2.24, 2.45) is 5.41 Å². The van der Waals surface area contributed by atoms with E-state index in [0.717, 1.165) is 0 Å². The first kappa shape index (κ1) is 25.3. The number of halogens is 1. The van der Waals surface area contributed by atoms with Gasteiger partial charge in [-0.15, -0.1) is 11.6 Å². The van der Waals surface area contributed by atoms with Crippen molar-refractivity contribution < 1.29 is 18.0 Å². The van der Waals surface area contributed by atoms with Gasteiger partial charge in [-0.05, 0) is 36.4 Å². The molecule has 0 atom stereocenters. The molecular weight excluding hydrogens is 476 g/mol. The van der Waals surface area contributed by atoms with Gasteiger partial charge in [-0.25, -0.2) is 13.2 Å². The maximum absolute atomic E-state index is 13.2. The van der Waals surface area contributed by atoms with E-state index in [0.29, 0.717) is 34.4 Å². The zero-order valence-electron chi connectivity index (χ0n) is 19.1. The molecule has 0 aliphatic carbocycles. The Hall–Kier alpha value is -3.30. The van der Waals surface area contributed by atoms with E-state index in [1.54, 1.807) is 54.6 Å². The average molecular weight is 503 g/mol. The van der Waals surface area contributed by atoms with Crippen molar-refractivity contribution in [3.05, 3.63) is 60.7 Å². The van der Waals surface area contributed by atoms with Crippen molar-refractivity contribution in [1.29, 1.82) is 0 Å². The summed E-state index contributed by atoms with van der Waals surface area (Å²) in [5.74, 6) is 0.137. The molecule has 0 saturated heterocycles. The molecule has 0 aromatic heterocycles. The van der Waals surface area contributed by atoms with E-state index in [-0.39, 0.29) is 16.7 Å². The molecule has 0 fully saturated rings. The quantitative estimate of drug-likeness (QED) is 0.341. The zero-order chi connectivity index (χ0) is 24.9. The Morgan fingerprint density at radius 2 is 1.47 bits per heavy atom. The van der Waals surface area contributed by atoms with Gasteiger partial charge in [-0.1, -0.05) is 45.0 Å². The number of nitrogens with one attached hydrogen (secondary N) is 4. The molecule has 4 N–H and O–H groups in total. The van der Waals surface area contributed by atoms with Gasteiger partial charge >= 0.3 is 6.03 Å². The van der Waals surface area contributed by atoms with E-state index >= 15 is 0 Å². The fraction of sp³-hybridized carbons (Fsp3) is 0.250. The van der Waals surface area contributed by atoms with Gasteiger partial charge in [0.1, 0.15) is 0 Å². The molecule has 0 bridgehead atoms. The molecule has 34 heavy (non-hydrogen) atoms. The SMILES string of the molecule is CC(C)(C)C(=O)Nc1ccc(NS(=O)(=O)c2cccc3c(NC(=O)NCCCl)cccc23)cc1. The fourth-order valence-electron chi connectivity index (χ4n) is 3.10. The zero-order valence-corrected chi connectivity index (χ0v) is 20.7. The highest BCUT2D eigenvalue weighted by molar-refractivity contribution is 7.93. The molecule has 8 nitrogen and oxygen atoms in total. The van der Waals surface area contributed by atoms with Crippen LogP contribution in [0.4, 0.5) is 21.9 Å². The summed E-state index contributed by atoms with van der Waals surface area (Å²) in [7, 11) is -3.94. The molecular formula is C24H27ClN4O4S. The third kappa shape index (κ3) is 6.18. The lowest BCUT2D eigenvalue weighted by Crippen LogP contribution is -2.30. The van der Waals surface area contributed by atoms with Crippen LogP contribution in [0.25, 0.3) is 10.8 Å². The van der Waals surface area contributed by atoms with Crippen LogP contribution in [0.15, 0.2) is 65.6 Å². The molecule has 0 saturated carbocycles. The first-order valence-electron chi connectivity index (χ1n) is 10.6. The predicted octanol–water partition coefficient (Wildman–Crippen LogP) is 4.99. The minimum atomic E-state index is -3.94. The molecule has 180 valence electrons. The maximum Gasteiger partial charge on any atom is 0.319 e. The van der Waals surface area contributed by atoms with E-state index < -0.39 is 21.5 Å². The number of anilines is 3. The van der Waals surface area contributed by atoms with Crippen LogP contribution >= 0.6 is 11.6 Å². The van der Waals surface area contributed by atoms with Gasteiger partial charge in [0.2, 0.25) is 5.91 Å². The monoisotopic (exact) mass is 502 g/mol. The number of amides is 3. The summed E-state index contributed by atoms with van der Waals surface area (Å²) in [5, 5.41) is 9.16. The molecule has 0 aliphatic rings. The Labute approximate surface area is 204 Å². The number of carbonyl (C=O) groups excluding carboxylic acids is 2. The highest BCUT2D eigenvalue weighted by Gasteiger charge is 2.22. The van der Waals surface area contributed by atoms with Crippen molar-refractivity contribution >= 4 is 61.4 Å². The summed E-state index contributed by atoms with van der Waals surface area (Å²) in [6.45, 7) is 5.73. The number of hydrogen-bond donors (Lipinski definition) is 4. The van der Waals surface area contributed by atoms with E-state index in [9.17, 15) is 18.0 Å². The summed E-state index contributed by atoms with van der Waals surface area (Å²) in [4.78, 5) is 24.3. The van der Waals surface area contributed by atoms with Gasteiger partial charge in [0.15, 0.2) is 0 Å². The van der Waals surface area contributed by atoms with Crippen LogP contribution in [0.3, 0.4) is 0 Å². The van der Waals surface area contributed by atoms with Crippen molar-refractivity contribution in [3.63, 3.8) is 0 Å². The molecule has 3 aromatic carbocycles. The van der Waals surface area contributed by atoms with Gasteiger partial charge in [-0.2, -0.15) is 0 Å². The van der Waals surface area contributed by atoms with E-state index in [1.165, 1.54) is 6.07 Å². The smallest absolute Gasteiger partial charge is 0.319 e. The lowest BCUT2D eigenvalue weighted by Gasteiger charge is -2.18. The molecule has 10 heteroatoms. The van der Waals surface area contributed by atoms with Crippen LogP contribution in [0.1, 0.15) is 20.8 Å². The van der Waals surface area contributed by atoms with E-state index in [4.69, 9.17) is 11.6 Å². The number of benzene rings is 3. The average Bonchev–Trinajstić information content (AvgIpc) is 2.78. The molecule has 0 spiro atoms. The molecule has 0 heterocycles. The fourth-order valence-corrected chi connectivity index (χ4v) is 4.48. The number of rotatable bonds is 7. The Kier molecular flexibility index (Phi) is 7.68. The Balaban J connectivity index is 1.84. The number of sulfonamides is 1. The number of fused-ring (bicyclic) bond motifs is 1. The van der Waals surface area contributed by atoms with Crippen LogP contribution in [0.2, 0.25) is 0 Å². The van der Waals surface area contributed by atoms with Crippen LogP contribution in [0, 0.1) is 5.41 Å². The second-order valence-electron chi connectivity index (χ2n) is 8.61.